The zero-order valence-electron chi connectivity index (χ0n) is 18.5. The zero-order chi connectivity index (χ0) is 22.4. The van der Waals surface area contributed by atoms with Gasteiger partial charge in [0.15, 0.2) is 16.7 Å². The van der Waals surface area contributed by atoms with Gasteiger partial charge in [-0.1, -0.05) is 36.0 Å². The number of ether oxygens (including phenoxy) is 2. The van der Waals surface area contributed by atoms with Gasteiger partial charge in [-0.3, -0.25) is 9.36 Å². The van der Waals surface area contributed by atoms with Crippen LogP contribution in [-0.2, 0) is 12.3 Å². The van der Waals surface area contributed by atoms with E-state index < -0.39 is 0 Å². The van der Waals surface area contributed by atoms with Gasteiger partial charge in [0.2, 0.25) is 5.82 Å². The largest absolute Gasteiger partial charge is 0.493 e. The fourth-order valence-electron chi connectivity index (χ4n) is 3.30. The van der Waals surface area contributed by atoms with Crippen LogP contribution in [0.15, 0.2) is 58.5 Å². The van der Waals surface area contributed by atoms with Crippen LogP contribution in [0.5, 0.6) is 11.5 Å². The Hall–Kier alpha value is -3.00. The van der Waals surface area contributed by atoms with Crippen LogP contribution in [0, 0.1) is 0 Å². The van der Waals surface area contributed by atoms with E-state index in [1.807, 2.05) is 74.2 Å². The molecule has 0 saturated heterocycles. The molecule has 0 saturated carbocycles. The molecular weight excluding hydrogens is 412 g/mol. The first-order valence-electron chi connectivity index (χ1n) is 10.2. The molecule has 0 N–H and O–H groups in total. The minimum absolute atomic E-state index is 0.0555. The molecule has 0 aliphatic heterocycles. The Kier molecular flexibility index (Phi) is 7.57. The van der Waals surface area contributed by atoms with E-state index in [1.54, 1.807) is 18.8 Å². The number of benzene rings is 2. The third kappa shape index (κ3) is 5.02. The molecule has 2 aromatic carbocycles. The van der Waals surface area contributed by atoms with Crippen molar-refractivity contribution in [2.75, 3.05) is 19.1 Å². The molecule has 0 bridgehead atoms. The summed E-state index contributed by atoms with van der Waals surface area (Å²) in [6.07, 6.45) is 0. The SMILES string of the molecule is CCn1c(SCc2ccc(OC)c(OC)c2)nnc(N(c2ccccc2)C(C)C)c1=O. The van der Waals surface area contributed by atoms with E-state index in [9.17, 15) is 4.79 Å². The second-order valence-electron chi connectivity index (χ2n) is 7.13. The molecule has 0 unspecified atom stereocenters. The quantitative estimate of drug-likeness (QED) is 0.453. The lowest BCUT2D eigenvalue weighted by atomic mass is 10.2. The average molecular weight is 441 g/mol. The molecular formula is C23H28N4O3S. The van der Waals surface area contributed by atoms with Gasteiger partial charge in [0.25, 0.3) is 5.56 Å². The smallest absolute Gasteiger partial charge is 0.297 e. The Labute approximate surface area is 187 Å². The maximum absolute atomic E-state index is 13.3. The standard InChI is InChI=1S/C23H28N4O3S/c1-6-26-22(28)21(27(16(2)3)18-10-8-7-9-11-18)24-25-23(26)31-15-17-12-13-19(29-4)20(14-17)30-5/h7-14,16H,6,15H2,1-5H3. The van der Waals surface area contributed by atoms with Crippen molar-refractivity contribution in [3.8, 4) is 11.5 Å². The van der Waals surface area contributed by atoms with Gasteiger partial charge in [0, 0.05) is 24.0 Å². The summed E-state index contributed by atoms with van der Waals surface area (Å²) in [4.78, 5) is 15.2. The summed E-state index contributed by atoms with van der Waals surface area (Å²) < 4.78 is 12.3. The summed E-state index contributed by atoms with van der Waals surface area (Å²) in [6, 6.07) is 15.6. The summed E-state index contributed by atoms with van der Waals surface area (Å²) in [5.41, 5.74) is 1.80. The van der Waals surface area contributed by atoms with Gasteiger partial charge >= 0.3 is 0 Å². The van der Waals surface area contributed by atoms with Crippen molar-refractivity contribution in [3.63, 3.8) is 0 Å². The number of hydrogen-bond donors (Lipinski definition) is 0. The van der Waals surface area contributed by atoms with Gasteiger partial charge in [-0.15, -0.1) is 10.2 Å². The molecule has 0 aliphatic carbocycles. The first-order valence-corrected chi connectivity index (χ1v) is 11.1. The van der Waals surface area contributed by atoms with Crippen LogP contribution < -0.4 is 19.9 Å². The molecule has 0 fully saturated rings. The van der Waals surface area contributed by atoms with E-state index in [2.05, 4.69) is 10.2 Å². The van der Waals surface area contributed by atoms with Crippen molar-refractivity contribution < 1.29 is 9.47 Å². The van der Waals surface area contributed by atoms with E-state index in [1.165, 1.54) is 11.8 Å². The highest BCUT2D eigenvalue weighted by atomic mass is 32.2. The molecule has 0 radical (unpaired) electrons. The first-order chi connectivity index (χ1) is 15.0. The van der Waals surface area contributed by atoms with Crippen LogP contribution in [0.4, 0.5) is 11.5 Å². The van der Waals surface area contributed by atoms with Crippen LogP contribution in [0.2, 0.25) is 0 Å². The molecule has 1 heterocycles. The molecule has 0 atom stereocenters. The number of nitrogens with zero attached hydrogens (tertiary/aromatic N) is 4. The number of methoxy groups -OCH3 is 2. The summed E-state index contributed by atoms with van der Waals surface area (Å²) in [5, 5.41) is 9.33. The molecule has 31 heavy (non-hydrogen) atoms. The van der Waals surface area contributed by atoms with E-state index in [0.29, 0.717) is 34.8 Å². The monoisotopic (exact) mass is 440 g/mol. The highest BCUT2D eigenvalue weighted by Gasteiger charge is 2.21. The second kappa shape index (κ2) is 10.3. The minimum Gasteiger partial charge on any atom is -0.493 e. The summed E-state index contributed by atoms with van der Waals surface area (Å²) in [7, 11) is 3.22. The Morgan fingerprint density at radius 2 is 1.74 bits per heavy atom. The van der Waals surface area contributed by atoms with Crippen molar-refractivity contribution in [1.82, 2.24) is 14.8 Å². The number of anilines is 2. The Morgan fingerprint density at radius 3 is 2.35 bits per heavy atom. The predicted octanol–water partition coefficient (Wildman–Crippen LogP) is 4.51. The van der Waals surface area contributed by atoms with Crippen molar-refractivity contribution >= 4 is 23.3 Å². The number of aromatic nitrogens is 3. The number of thioether (sulfide) groups is 1. The van der Waals surface area contributed by atoms with Gasteiger partial charge in [-0.25, -0.2) is 0 Å². The molecule has 164 valence electrons. The van der Waals surface area contributed by atoms with E-state index in [0.717, 1.165) is 11.3 Å². The van der Waals surface area contributed by atoms with E-state index >= 15 is 0 Å². The van der Waals surface area contributed by atoms with Crippen molar-refractivity contribution in [3.05, 3.63) is 64.4 Å². The minimum atomic E-state index is -0.148. The normalized spacial score (nSPS) is 10.9. The topological polar surface area (TPSA) is 69.5 Å². The molecule has 3 rings (SSSR count). The third-order valence-corrected chi connectivity index (χ3v) is 5.85. The number of para-hydroxylation sites is 1. The van der Waals surface area contributed by atoms with E-state index in [4.69, 9.17) is 9.47 Å². The van der Waals surface area contributed by atoms with Gasteiger partial charge in [-0.2, -0.15) is 0 Å². The Bertz CT molecular complexity index is 1070. The van der Waals surface area contributed by atoms with Crippen LogP contribution in [0.25, 0.3) is 0 Å². The second-order valence-corrected chi connectivity index (χ2v) is 8.08. The number of hydrogen-bond acceptors (Lipinski definition) is 7. The summed E-state index contributed by atoms with van der Waals surface area (Å²) in [5.74, 6) is 2.31. The molecule has 1 aromatic heterocycles. The molecule has 0 spiro atoms. The van der Waals surface area contributed by atoms with Crippen LogP contribution >= 0.6 is 11.8 Å². The fraction of sp³-hybridized carbons (Fsp3) is 0.348. The van der Waals surface area contributed by atoms with Crippen molar-refractivity contribution in [1.29, 1.82) is 0 Å². The Balaban J connectivity index is 1.90. The molecule has 8 heteroatoms. The molecule has 7 nitrogen and oxygen atoms in total. The molecule has 0 amide bonds. The van der Waals surface area contributed by atoms with Crippen LogP contribution in [0.3, 0.4) is 0 Å². The Morgan fingerprint density at radius 1 is 1.03 bits per heavy atom. The molecule has 0 aliphatic rings. The van der Waals surface area contributed by atoms with Gasteiger partial charge in [0.05, 0.1) is 14.2 Å². The van der Waals surface area contributed by atoms with Gasteiger partial charge < -0.3 is 14.4 Å². The van der Waals surface area contributed by atoms with E-state index in [-0.39, 0.29) is 11.6 Å². The molecule has 3 aromatic rings. The van der Waals surface area contributed by atoms with Crippen molar-refractivity contribution in [2.24, 2.45) is 0 Å². The lowest BCUT2D eigenvalue weighted by Crippen LogP contribution is -2.35. The fourth-order valence-corrected chi connectivity index (χ4v) is 4.24. The maximum atomic E-state index is 13.3. The van der Waals surface area contributed by atoms with Crippen LogP contribution in [-0.4, -0.2) is 35.0 Å². The zero-order valence-corrected chi connectivity index (χ0v) is 19.3. The maximum Gasteiger partial charge on any atom is 0.297 e. The van der Waals surface area contributed by atoms with Gasteiger partial charge in [-0.05, 0) is 50.6 Å². The number of rotatable bonds is 9. The highest BCUT2D eigenvalue weighted by molar-refractivity contribution is 7.98. The van der Waals surface area contributed by atoms with Gasteiger partial charge in [0.1, 0.15) is 0 Å². The summed E-state index contributed by atoms with van der Waals surface area (Å²) in [6.45, 7) is 6.51. The first kappa shape index (κ1) is 22.7. The third-order valence-electron chi connectivity index (χ3n) is 4.81. The van der Waals surface area contributed by atoms with Crippen molar-refractivity contribution in [2.45, 2.75) is 44.3 Å². The average Bonchev–Trinajstić information content (AvgIpc) is 2.79. The lowest BCUT2D eigenvalue weighted by Gasteiger charge is -2.27. The predicted molar refractivity (Wildman–Crippen MR) is 125 cm³/mol. The van der Waals surface area contributed by atoms with Crippen LogP contribution in [0.1, 0.15) is 26.3 Å². The highest BCUT2D eigenvalue weighted by Crippen LogP contribution is 2.30. The lowest BCUT2D eigenvalue weighted by molar-refractivity contribution is 0.354. The summed E-state index contributed by atoms with van der Waals surface area (Å²) >= 11 is 1.47.